The van der Waals surface area contributed by atoms with E-state index in [0.29, 0.717) is 0 Å². The lowest BCUT2D eigenvalue weighted by Crippen LogP contribution is -2.41. The van der Waals surface area contributed by atoms with Gasteiger partial charge in [-0.15, -0.1) is 0 Å². The maximum atomic E-state index is 11.9. The fraction of sp³-hybridized carbons (Fsp3) is 0.333. The van der Waals surface area contributed by atoms with Crippen LogP contribution in [-0.2, 0) is 13.8 Å². The minimum atomic E-state index is -4.19. The minimum absolute atomic E-state index is 0.0993. The van der Waals surface area contributed by atoms with Crippen LogP contribution >= 0.6 is 22.3 Å². The zero-order valence-electron chi connectivity index (χ0n) is 11.4. The summed E-state index contributed by atoms with van der Waals surface area (Å²) in [5, 5.41) is 2.49. The molecule has 0 saturated heterocycles. The van der Waals surface area contributed by atoms with Crippen molar-refractivity contribution in [3.8, 4) is 0 Å². The van der Waals surface area contributed by atoms with Gasteiger partial charge in [-0.1, -0.05) is 11.6 Å². The van der Waals surface area contributed by atoms with Gasteiger partial charge in [-0.3, -0.25) is 0 Å². The van der Waals surface area contributed by atoms with Gasteiger partial charge in [-0.05, 0) is 39.0 Å². The first-order valence-corrected chi connectivity index (χ1v) is 8.37. The smallest absolute Gasteiger partial charge is 0.372 e. The van der Waals surface area contributed by atoms with Gasteiger partial charge in [0.2, 0.25) is 0 Å². The molecule has 0 saturated carbocycles. The second kappa shape index (κ2) is 6.21. The number of ether oxygens (including phenoxy) is 1. The van der Waals surface area contributed by atoms with Crippen molar-refractivity contribution in [2.45, 2.75) is 31.2 Å². The molecule has 0 aliphatic carbocycles. The second-order valence-corrected chi connectivity index (χ2v) is 8.10. The summed E-state index contributed by atoms with van der Waals surface area (Å²) in [6.45, 7) is 5.06. The Kier molecular flexibility index (Phi) is 5.25. The van der Waals surface area contributed by atoms with Crippen molar-refractivity contribution < 1.29 is 22.7 Å². The Morgan fingerprint density at radius 2 is 1.81 bits per heavy atom. The summed E-state index contributed by atoms with van der Waals surface area (Å²) in [6, 6.07) is 3.37. The van der Waals surface area contributed by atoms with Crippen LogP contribution in [0.15, 0.2) is 23.1 Å². The lowest BCUT2D eigenvalue weighted by molar-refractivity contribution is 0.0607. The normalized spacial score (nSPS) is 11.9. The molecule has 0 aromatic heterocycles. The molecule has 0 heterocycles. The van der Waals surface area contributed by atoms with E-state index in [1.165, 1.54) is 6.07 Å². The fourth-order valence-corrected chi connectivity index (χ4v) is 2.56. The molecule has 6 nitrogen and oxygen atoms in total. The number of amides is 1. The standard InChI is InChI=1S/C12H13Cl2NO5S/c1-12(2,3)15-11(17)20-10(16)8-6-7(13)4-5-9(8)21(14,18)19/h4-6H,1-3H3,(H,15,17). The van der Waals surface area contributed by atoms with Crippen molar-refractivity contribution in [1.29, 1.82) is 0 Å². The molecule has 0 radical (unpaired) electrons. The van der Waals surface area contributed by atoms with Gasteiger partial charge < -0.3 is 10.1 Å². The highest BCUT2D eigenvalue weighted by Crippen LogP contribution is 2.24. The number of rotatable bonds is 2. The molecule has 0 bridgehead atoms. The van der Waals surface area contributed by atoms with E-state index in [4.69, 9.17) is 22.3 Å². The molecule has 0 aliphatic rings. The Hall–Kier alpha value is -1.31. The van der Waals surface area contributed by atoms with Gasteiger partial charge in [0.15, 0.2) is 0 Å². The molecule has 0 atom stereocenters. The predicted octanol–water partition coefficient (Wildman–Crippen LogP) is 2.93. The quantitative estimate of drug-likeness (QED) is 0.501. The molecule has 1 amide bonds. The third kappa shape index (κ3) is 5.53. The summed E-state index contributed by atoms with van der Waals surface area (Å²) in [6.07, 6.45) is -1.01. The van der Waals surface area contributed by atoms with Crippen molar-refractivity contribution in [2.24, 2.45) is 0 Å². The fourth-order valence-electron chi connectivity index (χ4n) is 1.35. The Labute approximate surface area is 131 Å². The number of hydrogen-bond acceptors (Lipinski definition) is 5. The van der Waals surface area contributed by atoms with Crippen LogP contribution in [0.5, 0.6) is 0 Å². The summed E-state index contributed by atoms with van der Waals surface area (Å²) in [5.41, 5.74) is -1.03. The number of hydrogen-bond donors (Lipinski definition) is 1. The molecule has 9 heteroatoms. The largest absolute Gasteiger partial charge is 0.415 e. The highest BCUT2D eigenvalue weighted by atomic mass is 35.7. The van der Waals surface area contributed by atoms with E-state index in [9.17, 15) is 18.0 Å². The number of nitrogens with one attached hydrogen (secondary N) is 1. The van der Waals surface area contributed by atoms with Crippen LogP contribution in [-0.4, -0.2) is 26.0 Å². The Bertz CT molecular complexity index is 679. The summed E-state index contributed by atoms with van der Waals surface area (Å²) < 4.78 is 27.3. The van der Waals surface area contributed by atoms with Gasteiger partial charge in [-0.2, -0.15) is 0 Å². The third-order valence-electron chi connectivity index (χ3n) is 2.09. The molecule has 1 aromatic rings. The van der Waals surface area contributed by atoms with Crippen LogP contribution in [0.2, 0.25) is 5.02 Å². The van der Waals surface area contributed by atoms with E-state index < -0.39 is 37.1 Å². The molecular formula is C12H13Cl2NO5S. The molecular weight excluding hydrogens is 341 g/mol. The van der Waals surface area contributed by atoms with Gasteiger partial charge in [0.05, 0.1) is 10.5 Å². The highest BCUT2D eigenvalue weighted by Gasteiger charge is 2.25. The zero-order chi connectivity index (χ0) is 16.4. The number of halogens is 2. The number of carbonyl (C=O) groups excluding carboxylic acids is 2. The first-order valence-electron chi connectivity index (χ1n) is 5.69. The molecule has 0 fully saturated rings. The molecule has 0 unspecified atom stereocenters. The molecule has 1 rings (SSSR count). The van der Waals surface area contributed by atoms with Gasteiger partial charge >= 0.3 is 12.1 Å². The Morgan fingerprint density at radius 1 is 1.24 bits per heavy atom. The van der Waals surface area contributed by atoms with Crippen molar-refractivity contribution in [3.05, 3.63) is 28.8 Å². The summed E-state index contributed by atoms with van der Waals surface area (Å²) in [4.78, 5) is 22.9. The van der Waals surface area contributed by atoms with Crippen LogP contribution in [0.1, 0.15) is 31.1 Å². The molecule has 1 N–H and O–H groups in total. The number of esters is 1. The van der Waals surface area contributed by atoms with Crippen molar-refractivity contribution in [3.63, 3.8) is 0 Å². The van der Waals surface area contributed by atoms with Gasteiger partial charge in [-0.25, -0.2) is 18.0 Å². The van der Waals surface area contributed by atoms with Gasteiger partial charge in [0.1, 0.15) is 0 Å². The number of benzene rings is 1. The predicted molar refractivity (Wildman–Crippen MR) is 78.2 cm³/mol. The summed E-state index contributed by atoms with van der Waals surface area (Å²) in [5.74, 6) is -1.17. The second-order valence-electron chi connectivity index (χ2n) is 5.13. The summed E-state index contributed by atoms with van der Waals surface area (Å²) in [7, 11) is 1.04. The van der Waals surface area contributed by atoms with Crippen LogP contribution < -0.4 is 5.32 Å². The molecule has 21 heavy (non-hydrogen) atoms. The van der Waals surface area contributed by atoms with E-state index in [-0.39, 0.29) is 5.02 Å². The molecule has 116 valence electrons. The zero-order valence-corrected chi connectivity index (χ0v) is 13.8. The topological polar surface area (TPSA) is 89.5 Å². The van der Waals surface area contributed by atoms with Crippen molar-refractivity contribution in [1.82, 2.24) is 5.32 Å². The summed E-state index contributed by atoms with van der Waals surface area (Å²) >= 11 is 5.71. The lowest BCUT2D eigenvalue weighted by Gasteiger charge is -2.19. The number of alkyl carbamates (subject to hydrolysis) is 1. The van der Waals surface area contributed by atoms with E-state index >= 15 is 0 Å². The van der Waals surface area contributed by atoms with E-state index in [1.807, 2.05) is 0 Å². The Balaban J connectivity index is 3.08. The van der Waals surface area contributed by atoms with Crippen molar-refractivity contribution >= 4 is 43.4 Å². The first-order chi connectivity index (χ1) is 9.40. The van der Waals surface area contributed by atoms with Gasteiger partial charge in [0.25, 0.3) is 9.05 Å². The van der Waals surface area contributed by atoms with Gasteiger partial charge in [0, 0.05) is 21.2 Å². The average molecular weight is 354 g/mol. The third-order valence-corrected chi connectivity index (χ3v) is 3.70. The average Bonchev–Trinajstić information content (AvgIpc) is 2.24. The first kappa shape index (κ1) is 17.7. The minimum Gasteiger partial charge on any atom is -0.372 e. The van der Waals surface area contributed by atoms with Crippen LogP contribution in [0.4, 0.5) is 4.79 Å². The molecule has 0 aliphatic heterocycles. The van der Waals surface area contributed by atoms with E-state index in [2.05, 4.69) is 10.1 Å². The maximum absolute atomic E-state index is 11.9. The lowest BCUT2D eigenvalue weighted by atomic mass is 10.1. The maximum Gasteiger partial charge on any atom is 0.415 e. The van der Waals surface area contributed by atoms with Crippen molar-refractivity contribution in [2.75, 3.05) is 0 Å². The monoisotopic (exact) mass is 353 g/mol. The number of carbonyl (C=O) groups is 2. The van der Waals surface area contributed by atoms with E-state index in [1.54, 1.807) is 20.8 Å². The SMILES string of the molecule is CC(C)(C)NC(=O)OC(=O)c1cc(Cl)ccc1S(=O)(=O)Cl. The van der Waals surface area contributed by atoms with Crippen LogP contribution in [0.3, 0.4) is 0 Å². The molecule has 0 spiro atoms. The molecule has 1 aromatic carbocycles. The van der Waals surface area contributed by atoms with Crippen LogP contribution in [0, 0.1) is 0 Å². The van der Waals surface area contributed by atoms with Crippen LogP contribution in [0.25, 0.3) is 0 Å². The van der Waals surface area contributed by atoms with E-state index in [0.717, 1.165) is 12.1 Å². The Morgan fingerprint density at radius 3 is 2.29 bits per heavy atom. The highest BCUT2D eigenvalue weighted by molar-refractivity contribution is 8.13.